The normalized spacial score (nSPS) is 11.5. The molecular formula is C12H12ClNO4S. The standard InChI is InChI=1S/C12H12ClNO4S/c1-8-12(6-11(7-15)18-8)19(16,17)14-10-4-2-9(13)3-5-10/h2-6,14-15H,7H2,1H3. The molecule has 0 saturated carbocycles. The van der Waals surface area contributed by atoms with Crippen molar-refractivity contribution in [2.75, 3.05) is 4.72 Å². The van der Waals surface area contributed by atoms with Gasteiger partial charge >= 0.3 is 0 Å². The largest absolute Gasteiger partial charge is 0.462 e. The molecule has 19 heavy (non-hydrogen) atoms. The Morgan fingerprint density at radius 1 is 1.32 bits per heavy atom. The molecule has 0 radical (unpaired) electrons. The van der Waals surface area contributed by atoms with E-state index in [0.717, 1.165) is 0 Å². The molecule has 0 fully saturated rings. The summed E-state index contributed by atoms with van der Waals surface area (Å²) in [7, 11) is -3.74. The van der Waals surface area contributed by atoms with Gasteiger partial charge in [-0.05, 0) is 31.2 Å². The molecule has 0 aliphatic rings. The van der Waals surface area contributed by atoms with Gasteiger partial charge in [-0.25, -0.2) is 8.42 Å². The summed E-state index contributed by atoms with van der Waals surface area (Å²) in [6.45, 7) is 1.17. The lowest BCUT2D eigenvalue weighted by Crippen LogP contribution is -2.13. The maximum atomic E-state index is 12.2. The molecule has 5 nitrogen and oxygen atoms in total. The fraction of sp³-hybridized carbons (Fsp3) is 0.167. The maximum Gasteiger partial charge on any atom is 0.265 e. The van der Waals surface area contributed by atoms with Gasteiger partial charge in [-0.2, -0.15) is 0 Å². The van der Waals surface area contributed by atoms with E-state index >= 15 is 0 Å². The predicted molar refractivity (Wildman–Crippen MR) is 71.6 cm³/mol. The van der Waals surface area contributed by atoms with Crippen molar-refractivity contribution in [3.63, 3.8) is 0 Å². The number of aryl methyl sites for hydroxylation is 1. The fourth-order valence-corrected chi connectivity index (χ4v) is 2.99. The monoisotopic (exact) mass is 301 g/mol. The minimum absolute atomic E-state index is 0.00602. The second-order valence-corrected chi connectivity index (χ2v) is 5.99. The maximum absolute atomic E-state index is 12.2. The van der Waals surface area contributed by atoms with Crippen molar-refractivity contribution in [2.24, 2.45) is 0 Å². The molecule has 1 aromatic heterocycles. The highest BCUT2D eigenvalue weighted by molar-refractivity contribution is 7.92. The molecule has 1 aromatic carbocycles. The first-order chi connectivity index (χ1) is 8.92. The zero-order valence-electron chi connectivity index (χ0n) is 10.1. The van der Waals surface area contributed by atoms with Gasteiger partial charge in [-0.3, -0.25) is 4.72 Å². The number of aliphatic hydroxyl groups excluding tert-OH is 1. The number of nitrogens with one attached hydrogen (secondary N) is 1. The highest BCUT2D eigenvalue weighted by Gasteiger charge is 2.21. The molecule has 0 bridgehead atoms. The van der Waals surface area contributed by atoms with E-state index in [0.29, 0.717) is 10.7 Å². The van der Waals surface area contributed by atoms with Crippen LogP contribution in [0.2, 0.25) is 5.02 Å². The Morgan fingerprint density at radius 2 is 1.95 bits per heavy atom. The quantitative estimate of drug-likeness (QED) is 0.909. The SMILES string of the molecule is Cc1oc(CO)cc1S(=O)(=O)Nc1ccc(Cl)cc1. The molecule has 0 unspecified atom stereocenters. The first-order valence-electron chi connectivity index (χ1n) is 5.41. The van der Waals surface area contributed by atoms with Crippen LogP contribution >= 0.6 is 11.6 Å². The molecule has 2 rings (SSSR count). The van der Waals surface area contributed by atoms with Crippen LogP contribution in [-0.4, -0.2) is 13.5 Å². The average Bonchev–Trinajstić information content (AvgIpc) is 2.74. The summed E-state index contributed by atoms with van der Waals surface area (Å²) in [4.78, 5) is 0.00602. The van der Waals surface area contributed by atoms with Crippen molar-refractivity contribution in [3.8, 4) is 0 Å². The summed E-state index contributed by atoms with van der Waals surface area (Å²) in [5, 5.41) is 9.46. The molecule has 2 aromatic rings. The van der Waals surface area contributed by atoms with Crippen LogP contribution in [0.25, 0.3) is 0 Å². The number of hydrogen-bond donors (Lipinski definition) is 2. The number of aliphatic hydroxyl groups is 1. The lowest BCUT2D eigenvalue weighted by Gasteiger charge is -2.06. The van der Waals surface area contributed by atoms with Gasteiger partial charge < -0.3 is 9.52 Å². The first-order valence-corrected chi connectivity index (χ1v) is 7.27. The highest BCUT2D eigenvalue weighted by Crippen LogP contribution is 2.23. The molecule has 0 aliphatic carbocycles. The topological polar surface area (TPSA) is 79.5 Å². The first kappa shape index (κ1) is 13.9. The van der Waals surface area contributed by atoms with E-state index in [-0.39, 0.29) is 23.0 Å². The molecule has 0 atom stereocenters. The number of sulfonamides is 1. The van der Waals surface area contributed by atoms with E-state index in [4.69, 9.17) is 21.1 Å². The summed E-state index contributed by atoms with van der Waals surface area (Å²) < 4.78 is 31.8. The average molecular weight is 302 g/mol. The lowest BCUT2D eigenvalue weighted by molar-refractivity contribution is 0.245. The number of furan rings is 1. The zero-order valence-corrected chi connectivity index (χ0v) is 11.6. The van der Waals surface area contributed by atoms with Crippen molar-refractivity contribution >= 4 is 27.3 Å². The summed E-state index contributed by atoms with van der Waals surface area (Å²) in [6, 6.07) is 7.58. The van der Waals surface area contributed by atoms with E-state index in [1.807, 2.05) is 0 Å². The molecule has 0 spiro atoms. The number of anilines is 1. The van der Waals surface area contributed by atoms with E-state index in [9.17, 15) is 8.42 Å². The summed E-state index contributed by atoms with van der Waals surface area (Å²) in [6.07, 6.45) is 0. The van der Waals surface area contributed by atoms with Crippen molar-refractivity contribution in [3.05, 3.63) is 46.9 Å². The van der Waals surface area contributed by atoms with Crippen LogP contribution in [0.5, 0.6) is 0 Å². The van der Waals surface area contributed by atoms with Crippen LogP contribution in [0.3, 0.4) is 0 Å². The van der Waals surface area contributed by atoms with Gasteiger partial charge in [0, 0.05) is 16.8 Å². The summed E-state index contributed by atoms with van der Waals surface area (Å²) in [5.74, 6) is 0.430. The second-order valence-electron chi connectivity index (χ2n) is 3.90. The summed E-state index contributed by atoms with van der Waals surface area (Å²) >= 11 is 5.73. The van der Waals surface area contributed by atoms with Gasteiger partial charge in [0.1, 0.15) is 23.0 Å². The van der Waals surface area contributed by atoms with Crippen LogP contribution in [-0.2, 0) is 16.6 Å². The van der Waals surface area contributed by atoms with E-state index in [1.54, 1.807) is 24.3 Å². The Hall–Kier alpha value is -1.50. The lowest BCUT2D eigenvalue weighted by atomic mass is 10.3. The van der Waals surface area contributed by atoms with Gasteiger partial charge in [0.25, 0.3) is 10.0 Å². The van der Waals surface area contributed by atoms with E-state index in [1.165, 1.54) is 13.0 Å². The minimum Gasteiger partial charge on any atom is -0.462 e. The molecular weight excluding hydrogens is 290 g/mol. The smallest absolute Gasteiger partial charge is 0.265 e. The van der Waals surface area contributed by atoms with Gasteiger partial charge in [0.2, 0.25) is 0 Å². The Bertz CT molecular complexity index is 676. The van der Waals surface area contributed by atoms with E-state index < -0.39 is 10.0 Å². The summed E-state index contributed by atoms with van der Waals surface area (Å²) in [5.41, 5.74) is 0.399. The molecule has 1 heterocycles. The van der Waals surface area contributed by atoms with Gasteiger partial charge in [-0.1, -0.05) is 11.6 Å². The van der Waals surface area contributed by atoms with Gasteiger partial charge in [-0.15, -0.1) is 0 Å². The number of rotatable bonds is 4. The third kappa shape index (κ3) is 3.09. The number of halogens is 1. The zero-order chi connectivity index (χ0) is 14.0. The molecule has 2 N–H and O–H groups in total. The van der Waals surface area contributed by atoms with Crippen LogP contribution in [0.15, 0.2) is 39.6 Å². The number of hydrogen-bond acceptors (Lipinski definition) is 4. The van der Waals surface area contributed by atoms with Crippen LogP contribution < -0.4 is 4.72 Å². The molecule has 102 valence electrons. The highest BCUT2D eigenvalue weighted by atomic mass is 35.5. The molecule has 7 heteroatoms. The second kappa shape index (κ2) is 5.24. The van der Waals surface area contributed by atoms with Crippen molar-refractivity contribution in [1.82, 2.24) is 0 Å². The Morgan fingerprint density at radius 3 is 2.47 bits per heavy atom. The number of benzene rings is 1. The molecule has 0 amide bonds. The molecule has 0 saturated heterocycles. The van der Waals surface area contributed by atoms with Crippen LogP contribution in [0.4, 0.5) is 5.69 Å². The molecule has 0 aliphatic heterocycles. The van der Waals surface area contributed by atoms with Crippen molar-refractivity contribution in [1.29, 1.82) is 0 Å². The Kier molecular flexibility index (Phi) is 3.84. The van der Waals surface area contributed by atoms with Crippen LogP contribution in [0.1, 0.15) is 11.5 Å². The van der Waals surface area contributed by atoms with Gasteiger partial charge in [0.15, 0.2) is 0 Å². The van der Waals surface area contributed by atoms with Gasteiger partial charge in [0.05, 0.1) is 0 Å². The van der Waals surface area contributed by atoms with Crippen molar-refractivity contribution in [2.45, 2.75) is 18.4 Å². The van der Waals surface area contributed by atoms with Crippen molar-refractivity contribution < 1.29 is 17.9 Å². The third-order valence-corrected chi connectivity index (χ3v) is 4.21. The Balaban J connectivity index is 2.31. The third-order valence-electron chi connectivity index (χ3n) is 2.47. The fourth-order valence-electron chi connectivity index (χ4n) is 1.60. The Labute approximate surface area is 115 Å². The van der Waals surface area contributed by atoms with E-state index in [2.05, 4.69) is 4.72 Å². The predicted octanol–water partition coefficient (Wildman–Crippen LogP) is 2.53. The van der Waals surface area contributed by atoms with Crippen LogP contribution in [0, 0.1) is 6.92 Å². The minimum atomic E-state index is -3.74.